The van der Waals surface area contributed by atoms with E-state index >= 15 is 0 Å². The molecule has 57 heavy (non-hydrogen) atoms. The maximum atomic E-state index is 2.45. The van der Waals surface area contributed by atoms with Gasteiger partial charge in [-0.15, -0.1) is 0 Å². The number of rotatable bonds is 6. The minimum Gasteiger partial charge on any atom is -0.310 e. The van der Waals surface area contributed by atoms with E-state index in [9.17, 15) is 0 Å². The zero-order valence-electron chi connectivity index (χ0n) is 31.3. The molecular weight excluding hydrogens is 687 g/mol. The molecule has 266 valence electrons. The van der Waals surface area contributed by atoms with Crippen molar-refractivity contribution in [1.82, 2.24) is 0 Å². The van der Waals surface area contributed by atoms with Crippen LogP contribution in [0.15, 0.2) is 224 Å². The van der Waals surface area contributed by atoms with Gasteiger partial charge in [-0.3, -0.25) is 0 Å². The molecule has 0 atom stereocenters. The van der Waals surface area contributed by atoms with Gasteiger partial charge in [-0.25, -0.2) is 0 Å². The lowest BCUT2D eigenvalue weighted by atomic mass is 9.93. The van der Waals surface area contributed by atoms with E-state index in [0.717, 1.165) is 17.1 Å². The third-order valence-corrected chi connectivity index (χ3v) is 11.6. The van der Waals surface area contributed by atoms with E-state index in [0.29, 0.717) is 0 Å². The van der Waals surface area contributed by atoms with Crippen molar-refractivity contribution < 1.29 is 0 Å². The number of nitrogens with zero attached hydrogens (tertiary/aromatic N) is 1. The lowest BCUT2D eigenvalue weighted by molar-refractivity contribution is 1.29. The first kappa shape index (κ1) is 32.9. The van der Waals surface area contributed by atoms with E-state index in [4.69, 9.17) is 0 Å². The highest BCUT2D eigenvalue weighted by molar-refractivity contribution is 6.18. The molecule has 0 fully saturated rings. The molecule has 1 nitrogen and oxygen atoms in total. The van der Waals surface area contributed by atoms with E-state index in [-0.39, 0.29) is 0 Å². The van der Waals surface area contributed by atoms with Crippen molar-refractivity contribution in [2.45, 2.75) is 0 Å². The van der Waals surface area contributed by atoms with Crippen molar-refractivity contribution in [2.75, 3.05) is 4.90 Å². The van der Waals surface area contributed by atoms with E-state index < -0.39 is 0 Å². The second-order valence-corrected chi connectivity index (χ2v) is 14.9. The summed E-state index contributed by atoms with van der Waals surface area (Å²) in [6.45, 7) is 0. The minimum atomic E-state index is 1.10. The Bertz CT molecular complexity index is 3290. The van der Waals surface area contributed by atoms with Gasteiger partial charge in [0.05, 0.1) is 5.69 Å². The van der Waals surface area contributed by atoms with Crippen LogP contribution in [0.1, 0.15) is 0 Å². The average molecular weight is 724 g/mol. The molecule has 11 aromatic carbocycles. The molecule has 0 amide bonds. The maximum Gasteiger partial charge on any atom is 0.0540 e. The van der Waals surface area contributed by atoms with Gasteiger partial charge in [0.25, 0.3) is 0 Å². The summed E-state index contributed by atoms with van der Waals surface area (Å²) >= 11 is 0. The van der Waals surface area contributed by atoms with Crippen molar-refractivity contribution >= 4 is 70.9 Å². The van der Waals surface area contributed by atoms with E-state index in [1.165, 1.54) is 87.2 Å². The molecular formula is C56H37N. The van der Waals surface area contributed by atoms with Gasteiger partial charge in [-0.1, -0.05) is 182 Å². The van der Waals surface area contributed by atoms with Crippen LogP contribution in [0.2, 0.25) is 0 Å². The van der Waals surface area contributed by atoms with Gasteiger partial charge in [-0.05, 0) is 124 Å². The van der Waals surface area contributed by atoms with Crippen molar-refractivity contribution in [3.05, 3.63) is 224 Å². The van der Waals surface area contributed by atoms with Crippen LogP contribution in [-0.4, -0.2) is 0 Å². The van der Waals surface area contributed by atoms with Gasteiger partial charge in [0.1, 0.15) is 0 Å². The topological polar surface area (TPSA) is 3.24 Å². The van der Waals surface area contributed by atoms with E-state index in [2.05, 4.69) is 229 Å². The molecule has 11 rings (SSSR count). The predicted octanol–water partition coefficient (Wildman–Crippen LogP) is 15.9. The number of fused-ring (bicyclic) bond motifs is 8. The molecule has 0 heterocycles. The highest BCUT2D eigenvalue weighted by atomic mass is 15.1. The second kappa shape index (κ2) is 13.7. The van der Waals surface area contributed by atoms with E-state index in [1.807, 2.05) is 0 Å². The fourth-order valence-electron chi connectivity index (χ4n) is 8.80. The van der Waals surface area contributed by atoms with Crippen molar-refractivity contribution in [3.63, 3.8) is 0 Å². The summed E-state index contributed by atoms with van der Waals surface area (Å²) in [7, 11) is 0. The normalized spacial score (nSPS) is 11.5. The molecule has 0 N–H and O–H groups in total. The molecule has 0 bridgehead atoms. The molecule has 0 aliphatic heterocycles. The zero-order valence-corrected chi connectivity index (χ0v) is 31.3. The molecule has 1 heteroatoms. The first-order valence-corrected chi connectivity index (χ1v) is 19.7. The quantitative estimate of drug-likeness (QED) is 0.154. The molecule has 11 aromatic rings. The van der Waals surface area contributed by atoms with Gasteiger partial charge in [0.15, 0.2) is 0 Å². The summed E-state index contributed by atoms with van der Waals surface area (Å²) in [6.07, 6.45) is 0. The van der Waals surface area contributed by atoms with Gasteiger partial charge in [0.2, 0.25) is 0 Å². The predicted molar refractivity (Wildman–Crippen MR) is 245 cm³/mol. The highest BCUT2D eigenvalue weighted by Gasteiger charge is 2.20. The lowest BCUT2D eigenvalue weighted by Crippen LogP contribution is -2.11. The largest absolute Gasteiger partial charge is 0.310 e. The maximum absolute atomic E-state index is 2.45. The second-order valence-electron chi connectivity index (χ2n) is 14.9. The van der Waals surface area contributed by atoms with Crippen LogP contribution in [0.3, 0.4) is 0 Å². The van der Waals surface area contributed by atoms with Gasteiger partial charge >= 0.3 is 0 Å². The summed E-state index contributed by atoms with van der Waals surface area (Å²) in [4.78, 5) is 2.45. The van der Waals surface area contributed by atoms with Gasteiger partial charge in [0, 0.05) is 16.9 Å². The smallest absolute Gasteiger partial charge is 0.0540 e. The average Bonchev–Trinajstić information content (AvgIpc) is 3.29. The Morgan fingerprint density at radius 3 is 1.49 bits per heavy atom. The Hall–Kier alpha value is -7.48. The molecule has 0 radical (unpaired) electrons. The first-order valence-electron chi connectivity index (χ1n) is 19.7. The monoisotopic (exact) mass is 723 g/mol. The van der Waals surface area contributed by atoms with Gasteiger partial charge < -0.3 is 4.90 Å². The van der Waals surface area contributed by atoms with Crippen LogP contribution in [-0.2, 0) is 0 Å². The Labute approximate surface area is 332 Å². The number of hydrogen-bond donors (Lipinski definition) is 0. The van der Waals surface area contributed by atoms with Crippen molar-refractivity contribution in [2.24, 2.45) is 0 Å². The molecule has 0 aromatic heterocycles. The Balaban J connectivity index is 1.17. The number of hydrogen-bond acceptors (Lipinski definition) is 1. The van der Waals surface area contributed by atoms with Crippen molar-refractivity contribution in [1.29, 1.82) is 0 Å². The summed E-state index contributed by atoms with van der Waals surface area (Å²) in [5.74, 6) is 0. The molecule has 0 saturated heterocycles. The summed E-state index contributed by atoms with van der Waals surface area (Å²) in [6, 6.07) is 82.3. The molecule has 0 saturated carbocycles. The summed E-state index contributed by atoms with van der Waals surface area (Å²) in [5, 5.41) is 12.6. The van der Waals surface area contributed by atoms with Crippen LogP contribution in [0.4, 0.5) is 17.1 Å². The standard InChI is InChI=1S/C56H37N/c1-3-13-38(14-4-1)45-33-46(43-25-23-42-28-30-53-50-20-10-8-18-41(50)27-31-54(53)55(42)37-43)36-48(35-45)57(56-22-12-11-21-52(56)39-15-5-2-6-16-39)47-29-32-51-44(34-47)26-24-40-17-7-9-19-49(40)51/h1-37H. The Kier molecular flexibility index (Phi) is 7.89. The molecule has 0 aliphatic carbocycles. The van der Waals surface area contributed by atoms with E-state index in [1.54, 1.807) is 0 Å². The number of benzene rings is 11. The fourth-order valence-corrected chi connectivity index (χ4v) is 8.80. The Morgan fingerprint density at radius 1 is 0.228 bits per heavy atom. The van der Waals surface area contributed by atoms with Crippen LogP contribution >= 0.6 is 0 Å². The van der Waals surface area contributed by atoms with Gasteiger partial charge in [-0.2, -0.15) is 0 Å². The first-order chi connectivity index (χ1) is 28.2. The van der Waals surface area contributed by atoms with Crippen LogP contribution in [0.25, 0.3) is 87.2 Å². The highest BCUT2D eigenvalue weighted by Crippen LogP contribution is 2.45. The summed E-state index contributed by atoms with van der Waals surface area (Å²) < 4.78 is 0. The molecule has 0 unspecified atom stereocenters. The number of para-hydroxylation sites is 1. The number of anilines is 3. The minimum absolute atomic E-state index is 1.10. The third kappa shape index (κ3) is 5.80. The van der Waals surface area contributed by atoms with Crippen LogP contribution < -0.4 is 4.90 Å². The summed E-state index contributed by atoms with van der Waals surface area (Å²) in [5.41, 5.74) is 10.4. The molecule has 0 spiro atoms. The lowest BCUT2D eigenvalue weighted by Gasteiger charge is -2.29. The zero-order chi connectivity index (χ0) is 37.7. The van der Waals surface area contributed by atoms with Crippen molar-refractivity contribution in [3.8, 4) is 33.4 Å². The Morgan fingerprint density at radius 2 is 0.737 bits per heavy atom. The SMILES string of the molecule is c1ccc(-c2cc(-c3ccc4ccc5c6ccccc6ccc5c4c3)cc(N(c3ccc4c(ccc5ccccc54)c3)c3ccccc3-c3ccccc3)c2)cc1. The molecule has 0 aliphatic rings. The van der Waals surface area contributed by atoms with Crippen LogP contribution in [0, 0.1) is 0 Å². The van der Waals surface area contributed by atoms with Crippen LogP contribution in [0.5, 0.6) is 0 Å². The fraction of sp³-hybridized carbons (Fsp3) is 0. The third-order valence-electron chi connectivity index (χ3n) is 11.6.